The summed E-state index contributed by atoms with van der Waals surface area (Å²) in [5.41, 5.74) is 0.434. The molecule has 10 heteroatoms. The number of aromatic amines is 1. The molecule has 6 nitrogen and oxygen atoms in total. The Morgan fingerprint density at radius 1 is 1.21 bits per heavy atom. The van der Waals surface area contributed by atoms with Crippen LogP contribution in [0.1, 0.15) is 46.0 Å². The molecule has 180 valence electrons. The number of alkyl halides is 3. The Morgan fingerprint density at radius 3 is 2.53 bits per heavy atom. The lowest BCUT2D eigenvalue weighted by atomic mass is 9.86. The summed E-state index contributed by atoms with van der Waals surface area (Å²) in [5.74, 6) is -2.47. The smallest absolute Gasteiger partial charge is 0.454 e. The van der Waals surface area contributed by atoms with Crippen LogP contribution in [0.2, 0.25) is 0 Å². The van der Waals surface area contributed by atoms with E-state index < -0.39 is 23.4 Å². The van der Waals surface area contributed by atoms with Crippen molar-refractivity contribution in [2.24, 2.45) is 5.92 Å². The van der Waals surface area contributed by atoms with Crippen LogP contribution < -0.4 is 4.74 Å². The van der Waals surface area contributed by atoms with Gasteiger partial charge in [-0.15, -0.1) is 0 Å². The predicted molar refractivity (Wildman–Crippen MR) is 116 cm³/mol. The fourth-order valence-corrected chi connectivity index (χ4v) is 4.54. The molecule has 1 unspecified atom stereocenters. The highest BCUT2D eigenvalue weighted by molar-refractivity contribution is 6.11. The maximum Gasteiger partial charge on any atom is 0.454 e. The van der Waals surface area contributed by atoms with Gasteiger partial charge in [0.25, 0.3) is 11.7 Å². The van der Waals surface area contributed by atoms with Gasteiger partial charge in [0, 0.05) is 24.2 Å². The molecule has 0 saturated carbocycles. The van der Waals surface area contributed by atoms with E-state index in [4.69, 9.17) is 4.74 Å². The maximum atomic E-state index is 13.4. The molecule has 34 heavy (non-hydrogen) atoms. The number of halogens is 4. The van der Waals surface area contributed by atoms with Crippen LogP contribution in [-0.4, -0.2) is 52.4 Å². The summed E-state index contributed by atoms with van der Waals surface area (Å²) < 4.78 is 57.4. The molecule has 0 spiro atoms. The molecule has 4 rings (SSSR count). The molecule has 0 aliphatic carbocycles. The van der Waals surface area contributed by atoms with Crippen molar-refractivity contribution >= 4 is 22.7 Å². The normalized spacial score (nSPS) is 18.8. The van der Waals surface area contributed by atoms with Crippen LogP contribution in [0.15, 0.2) is 36.5 Å². The van der Waals surface area contributed by atoms with Gasteiger partial charge in [-0.3, -0.25) is 9.59 Å². The highest BCUT2D eigenvalue weighted by Crippen LogP contribution is 2.32. The van der Waals surface area contributed by atoms with Crippen molar-refractivity contribution in [2.75, 3.05) is 13.7 Å². The lowest BCUT2D eigenvalue weighted by Gasteiger charge is -2.38. The Morgan fingerprint density at radius 2 is 1.91 bits per heavy atom. The fraction of sp³-hybridized carbons (Fsp3) is 0.375. The number of ether oxygens (including phenoxy) is 1. The number of hydrogen-bond acceptors (Lipinski definition) is 4. The van der Waals surface area contributed by atoms with E-state index in [0.717, 1.165) is 18.2 Å². The van der Waals surface area contributed by atoms with Gasteiger partial charge in [-0.25, -0.2) is 4.39 Å². The fourth-order valence-electron chi connectivity index (χ4n) is 4.54. The van der Waals surface area contributed by atoms with Gasteiger partial charge >= 0.3 is 6.18 Å². The minimum absolute atomic E-state index is 0.00495. The molecule has 1 aliphatic heterocycles. The minimum atomic E-state index is -5.06. The summed E-state index contributed by atoms with van der Waals surface area (Å²) in [7, 11) is 1.31. The molecular formula is C24H23F4N3O3. The number of pyridine rings is 1. The Kier molecular flexibility index (Phi) is 6.33. The summed E-state index contributed by atoms with van der Waals surface area (Å²) in [6.07, 6.45) is -1.93. The zero-order valence-corrected chi connectivity index (χ0v) is 18.6. The molecule has 1 saturated heterocycles. The van der Waals surface area contributed by atoms with Crippen LogP contribution in [0.25, 0.3) is 11.0 Å². The highest BCUT2D eigenvalue weighted by Gasteiger charge is 2.41. The molecule has 1 amide bonds. The number of piperidine rings is 1. The van der Waals surface area contributed by atoms with Gasteiger partial charge in [0.15, 0.2) is 0 Å². The van der Waals surface area contributed by atoms with Gasteiger partial charge in [0.05, 0.1) is 12.7 Å². The molecule has 2 aromatic heterocycles. The number of carbonyl (C=O) groups is 2. The first-order valence-corrected chi connectivity index (χ1v) is 10.8. The minimum Gasteiger partial charge on any atom is -0.480 e. The van der Waals surface area contributed by atoms with E-state index in [2.05, 4.69) is 9.97 Å². The molecule has 1 N–H and O–H groups in total. The SMILES string of the molecule is COc1nc2[nH]cc(C(=O)C(F)(F)F)c2cc1C(=O)N1CCC(Cc2ccc(F)cc2)C[C@H]1C. The number of benzene rings is 1. The summed E-state index contributed by atoms with van der Waals surface area (Å²) in [5, 5.41) is -0.0923. The number of amides is 1. The Balaban J connectivity index is 1.57. The lowest BCUT2D eigenvalue weighted by molar-refractivity contribution is -0.0884. The van der Waals surface area contributed by atoms with Gasteiger partial charge < -0.3 is 14.6 Å². The predicted octanol–water partition coefficient (Wildman–Crippen LogP) is 4.94. The third-order valence-corrected chi connectivity index (χ3v) is 6.24. The summed E-state index contributed by atoms with van der Waals surface area (Å²) in [6, 6.07) is 7.43. The topological polar surface area (TPSA) is 75.3 Å². The number of methoxy groups -OCH3 is 1. The first kappa shape index (κ1) is 23.7. The van der Waals surface area contributed by atoms with E-state index in [1.807, 2.05) is 6.92 Å². The van der Waals surface area contributed by atoms with Crippen LogP contribution >= 0.6 is 0 Å². The summed E-state index contributed by atoms with van der Waals surface area (Å²) in [4.78, 5) is 33.5. The van der Waals surface area contributed by atoms with Gasteiger partial charge in [-0.2, -0.15) is 18.2 Å². The van der Waals surface area contributed by atoms with E-state index >= 15 is 0 Å². The van der Waals surface area contributed by atoms with E-state index in [1.54, 1.807) is 17.0 Å². The molecule has 1 fully saturated rings. The van der Waals surface area contributed by atoms with E-state index in [9.17, 15) is 27.2 Å². The zero-order chi connectivity index (χ0) is 24.6. The average Bonchev–Trinajstić information content (AvgIpc) is 3.21. The van der Waals surface area contributed by atoms with Crippen molar-refractivity contribution in [3.8, 4) is 5.88 Å². The quantitative estimate of drug-likeness (QED) is 0.417. The third-order valence-electron chi connectivity index (χ3n) is 6.24. The molecule has 1 aliphatic rings. The largest absolute Gasteiger partial charge is 0.480 e. The van der Waals surface area contributed by atoms with Gasteiger partial charge in [-0.05, 0) is 55.9 Å². The Bertz CT molecular complexity index is 1220. The molecule has 0 radical (unpaired) electrons. The van der Waals surface area contributed by atoms with E-state index in [0.29, 0.717) is 25.3 Å². The number of hydrogen-bond donors (Lipinski definition) is 1. The molecular weight excluding hydrogens is 454 g/mol. The molecule has 0 bridgehead atoms. The van der Waals surface area contributed by atoms with E-state index in [-0.39, 0.29) is 34.3 Å². The Labute approximate surface area is 192 Å². The highest BCUT2D eigenvalue weighted by atomic mass is 19.4. The van der Waals surface area contributed by atoms with Crippen molar-refractivity contribution < 1.29 is 31.9 Å². The first-order valence-electron chi connectivity index (χ1n) is 10.8. The maximum absolute atomic E-state index is 13.4. The van der Waals surface area contributed by atoms with E-state index in [1.165, 1.54) is 25.3 Å². The first-order chi connectivity index (χ1) is 16.1. The second kappa shape index (κ2) is 9.08. The third kappa shape index (κ3) is 4.62. The number of carbonyl (C=O) groups excluding carboxylic acids is 2. The lowest BCUT2D eigenvalue weighted by Crippen LogP contribution is -2.45. The van der Waals surface area contributed by atoms with Gasteiger partial charge in [0.1, 0.15) is 17.0 Å². The van der Waals surface area contributed by atoms with Crippen LogP contribution in [0, 0.1) is 11.7 Å². The number of ketones is 1. The van der Waals surface area contributed by atoms with Crippen molar-refractivity contribution in [2.45, 2.75) is 38.4 Å². The monoisotopic (exact) mass is 477 g/mol. The molecule has 1 aromatic carbocycles. The summed E-state index contributed by atoms with van der Waals surface area (Å²) in [6.45, 7) is 2.34. The summed E-state index contributed by atoms with van der Waals surface area (Å²) >= 11 is 0. The number of Topliss-reactive ketones (excluding diaryl/α,β-unsaturated/α-hetero) is 1. The number of nitrogens with zero attached hydrogens (tertiary/aromatic N) is 2. The van der Waals surface area contributed by atoms with Crippen molar-refractivity contribution in [3.05, 3.63) is 59.0 Å². The van der Waals surface area contributed by atoms with Crippen LogP contribution in [0.3, 0.4) is 0 Å². The van der Waals surface area contributed by atoms with Crippen LogP contribution in [-0.2, 0) is 6.42 Å². The van der Waals surface area contributed by atoms with Crippen molar-refractivity contribution in [1.82, 2.24) is 14.9 Å². The van der Waals surface area contributed by atoms with Gasteiger partial charge in [-0.1, -0.05) is 12.1 Å². The number of likely N-dealkylation sites (tertiary alicyclic amines) is 1. The molecule has 3 aromatic rings. The zero-order valence-electron chi connectivity index (χ0n) is 18.6. The number of H-pyrrole nitrogens is 1. The number of nitrogens with one attached hydrogen (secondary N) is 1. The Hall–Kier alpha value is -3.43. The number of fused-ring (bicyclic) bond motifs is 1. The van der Waals surface area contributed by atoms with Crippen LogP contribution in [0.5, 0.6) is 5.88 Å². The van der Waals surface area contributed by atoms with Crippen molar-refractivity contribution in [3.63, 3.8) is 0 Å². The molecule has 3 heterocycles. The van der Waals surface area contributed by atoms with Gasteiger partial charge in [0.2, 0.25) is 5.88 Å². The van der Waals surface area contributed by atoms with Crippen LogP contribution in [0.4, 0.5) is 17.6 Å². The standard InChI is InChI=1S/C24H23F4N3O3/c1-13-9-15(10-14-3-5-16(25)6-4-14)7-8-31(13)23(33)18-11-17-19(20(32)24(26,27)28)12-29-21(17)30-22(18)34-2/h3-6,11-13,15H,7-10H2,1-2H3,(H,29,30)/t13-,15?/m1/s1. The second-order valence-electron chi connectivity index (χ2n) is 8.54. The van der Waals surface area contributed by atoms with Crippen molar-refractivity contribution in [1.29, 1.82) is 0 Å². The second-order valence-corrected chi connectivity index (χ2v) is 8.54. The average molecular weight is 477 g/mol. The number of rotatable bonds is 5. The molecule has 2 atom stereocenters. The number of aromatic nitrogens is 2.